The average Bonchev–Trinajstić information content (AvgIpc) is 2.70. The number of hydrogen-bond acceptors (Lipinski definition) is 4. The van der Waals surface area contributed by atoms with Gasteiger partial charge >= 0.3 is 6.03 Å². The van der Waals surface area contributed by atoms with Gasteiger partial charge < -0.3 is 24.6 Å². The number of nitrogens with zero attached hydrogens (tertiary/aromatic N) is 2. The summed E-state index contributed by atoms with van der Waals surface area (Å²) in [4.78, 5) is 16.8. The standard InChI is InChI=1S/C21H27N3O3.ClH/c1-15-6-5-7-18(16(15)2)23-10-12-24(13-11-23)21(25)22-17-8-9-19(26-3)20(14-17)27-4;/h5-9,14H,10-13H2,1-4H3,(H,22,25);1H. The van der Waals surface area contributed by atoms with Gasteiger partial charge in [0.25, 0.3) is 0 Å². The summed E-state index contributed by atoms with van der Waals surface area (Å²) >= 11 is 0. The van der Waals surface area contributed by atoms with Crippen LogP contribution in [-0.2, 0) is 0 Å². The van der Waals surface area contributed by atoms with Crippen LogP contribution in [0.2, 0.25) is 0 Å². The number of ether oxygens (including phenoxy) is 2. The summed E-state index contributed by atoms with van der Waals surface area (Å²) in [5, 5.41) is 2.95. The van der Waals surface area contributed by atoms with Crippen molar-refractivity contribution >= 4 is 29.8 Å². The van der Waals surface area contributed by atoms with Crippen LogP contribution in [0, 0.1) is 13.8 Å². The molecule has 0 bridgehead atoms. The summed E-state index contributed by atoms with van der Waals surface area (Å²) < 4.78 is 10.5. The van der Waals surface area contributed by atoms with Gasteiger partial charge in [-0.25, -0.2) is 4.79 Å². The van der Waals surface area contributed by atoms with Gasteiger partial charge in [0.1, 0.15) is 0 Å². The molecule has 1 N–H and O–H groups in total. The van der Waals surface area contributed by atoms with Crippen LogP contribution in [0.1, 0.15) is 11.1 Å². The van der Waals surface area contributed by atoms with Gasteiger partial charge in [-0.1, -0.05) is 12.1 Å². The van der Waals surface area contributed by atoms with Crippen LogP contribution in [-0.4, -0.2) is 51.3 Å². The highest BCUT2D eigenvalue weighted by Gasteiger charge is 2.22. The molecule has 1 aliphatic heterocycles. The van der Waals surface area contributed by atoms with E-state index in [0.717, 1.165) is 13.1 Å². The first kappa shape index (κ1) is 21.7. The molecule has 2 aromatic rings. The predicted octanol–water partition coefficient (Wildman–Crippen LogP) is 4.10. The molecule has 3 rings (SSSR count). The molecule has 0 atom stereocenters. The third-order valence-electron chi connectivity index (χ3n) is 5.12. The van der Waals surface area contributed by atoms with Crippen molar-refractivity contribution in [2.75, 3.05) is 50.6 Å². The van der Waals surface area contributed by atoms with Crippen molar-refractivity contribution in [3.05, 3.63) is 47.5 Å². The number of carbonyl (C=O) groups is 1. The number of halogens is 1. The Balaban J connectivity index is 0.00000280. The van der Waals surface area contributed by atoms with Gasteiger partial charge in [-0.05, 0) is 43.2 Å². The topological polar surface area (TPSA) is 54.0 Å². The van der Waals surface area contributed by atoms with Crippen molar-refractivity contribution in [1.29, 1.82) is 0 Å². The number of nitrogens with one attached hydrogen (secondary N) is 1. The molecule has 0 aromatic heterocycles. The van der Waals surface area contributed by atoms with E-state index in [4.69, 9.17) is 9.47 Å². The largest absolute Gasteiger partial charge is 0.493 e. The SMILES string of the molecule is COc1ccc(NC(=O)N2CCN(c3cccc(C)c3C)CC2)cc1OC.Cl. The number of urea groups is 1. The Morgan fingerprint density at radius 2 is 1.64 bits per heavy atom. The second-order valence-corrected chi connectivity index (χ2v) is 6.69. The monoisotopic (exact) mass is 405 g/mol. The molecule has 0 aliphatic carbocycles. The Morgan fingerprint density at radius 3 is 2.29 bits per heavy atom. The van der Waals surface area contributed by atoms with Crippen LogP contribution in [0.4, 0.5) is 16.2 Å². The fourth-order valence-electron chi connectivity index (χ4n) is 3.35. The second-order valence-electron chi connectivity index (χ2n) is 6.69. The lowest BCUT2D eigenvalue weighted by atomic mass is 10.1. The molecule has 0 saturated carbocycles. The maximum atomic E-state index is 12.6. The number of aryl methyl sites for hydroxylation is 1. The minimum Gasteiger partial charge on any atom is -0.493 e. The predicted molar refractivity (Wildman–Crippen MR) is 116 cm³/mol. The number of amides is 2. The number of hydrogen-bond donors (Lipinski definition) is 1. The zero-order chi connectivity index (χ0) is 19.4. The Labute approximate surface area is 172 Å². The molecule has 1 aliphatic rings. The third kappa shape index (κ3) is 4.62. The third-order valence-corrected chi connectivity index (χ3v) is 5.12. The first-order chi connectivity index (χ1) is 13.0. The quantitative estimate of drug-likeness (QED) is 0.832. The highest BCUT2D eigenvalue weighted by atomic mass is 35.5. The number of piperazine rings is 1. The Morgan fingerprint density at radius 1 is 0.964 bits per heavy atom. The molecule has 6 nitrogen and oxygen atoms in total. The molecule has 0 spiro atoms. The molecule has 7 heteroatoms. The molecule has 28 heavy (non-hydrogen) atoms. The molecular weight excluding hydrogens is 378 g/mol. The summed E-state index contributed by atoms with van der Waals surface area (Å²) in [5.41, 5.74) is 4.55. The number of anilines is 2. The lowest BCUT2D eigenvalue weighted by Crippen LogP contribution is -2.50. The van der Waals surface area contributed by atoms with Crippen LogP contribution in [0.5, 0.6) is 11.5 Å². The Kier molecular flexibility index (Phi) is 7.40. The fourth-order valence-corrected chi connectivity index (χ4v) is 3.35. The van der Waals surface area contributed by atoms with Crippen molar-refractivity contribution in [3.8, 4) is 11.5 Å². The first-order valence-corrected chi connectivity index (χ1v) is 9.12. The van der Waals surface area contributed by atoms with E-state index >= 15 is 0 Å². The second kappa shape index (κ2) is 9.55. The summed E-state index contributed by atoms with van der Waals surface area (Å²) in [6, 6.07) is 11.6. The van der Waals surface area contributed by atoms with Crippen LogP contribution in [0.15, 0.2) is 36.4 Å². The lowest BCUT2D eigenvalue weighted by Gasteiger charge is -2.37. The van der Waals surface area contributed by atoms with Gasteiger partial charge in [0, 0.05) is 43.6 Å². The molecule has 1 saturated heterocycles. The molecule has 0 radical (unpaired) electrons. The maximum Gasteiger partial charge on any atom is 0.321 e. The van der Waals surface area contributed by atoms with Crippen LogP contribution >= 0.6 is 12.4 Å². The molecule has 1 fully saturated rings. The van der Waals surface area contributed by atoms with Gasteiger partial charge in [0.15, 0.2) is 11.5 Å². The summed E-state index contributed by atoms with van der Waals surface area (Å²) in [5.74, 6) is 1.23. The Bertz CT molecular complexity index is 821. The number of carbonyl (C=O) groups excluding carboxylic acids is 1. The van der Waals surface area contributed by atoms with Gasteiger partial charge in [0.2, 0.25) is 0 Å². The van der Waals surface area contributed by atoms with E-state index in [1.807, 2.05) is 11.0 Å². The number of methoxy groups -OCH3 is 2. The van der Waals surface area contributed by atoms with Crippen molar-refractivity contribution in [1.82, 2.24) is 4.90 Å². The van der Waals surface area contributed by atoms with Gasteiger partial charge in [-0.15, -0.1) is 12.4 Å². The van der Waals surface area contributed by atoms with E-state index in [9.17, 15) is 4.79 Å². The normalized spacial score (nSPS) is 13.6. The molecule has 2 aromatic carbocycles. The van der Waals surface area contributed by atoms with Crippen molar-refractivity contribution in [3.63, 3.8) is 0 Å². The van der Waals surface area contributed by atoms with Gasteiger partial charge in [-0.3, -0.25) is 0 Å². The van der Waals surface area contributed by atoms with Crippen molar-refractivity contribution < 1.29 is 14.3 Å². The smallest absolute Gasteiger partial charge is 0.321 e. The summed E-state index contributed by atoms with van der Waals surface area (Å²) in [6.07, 6.45) is 0. The highest BCUT2D eigenvalue weighted by molar-refractivity contribution is 5.90. The maximum absolute atomic E-state index is 12.6. The van der Waals surface area contributed by atoms with E-state index < -0.39 is 0 Å². The summed E-state index contributed by atoms with van der Waals surface area (Å²) in [7, 11) is 3.17. The highest BCUT2D eigenvalue weighted by Crippen LogP contribution is 2.30. The van der Waals surface area contributed by atoms with Crippen molar-refractivity contribution in [2.45, 2.75) is 13.8 Å². The molecule has 0 unspecified atom stereocenters. The van der Waals surface area contributed by atoms with E-state index in [1.165, 1.54) is 16.8 Å². The number of benzene rings is 2. The van der Waals surface area contributed by atoms with E-state index in [1.54, 1.807) is 26.4 Å². The minimum atomic E-state index is -0.0946. The molecule has 152 valence electrons. The van der Waals surface area contributed by atoms with Crippen LogP contribution < -0.4 is 19.7 Å². The zero-order valence-corrected chi connectivity index (χ0v) is 17.6. The lowest BCUT2D eigenvalue weighted by molar-refractivity contribution is 0.208. The average molecular weight is 406 g/mol. The first-order valence-electron chi connectivity index (χ1n) is 9.12. The minimum absolute atomic E-state index is 0. The van der Waals surface area contributed by atoms with Crippen LogP contribution in [0.25, 0.3) is 0 Å². The van der Waals surface area contributed by atoms with Gasteiger partial charge in [0.05, 0.1) is 14.2 Å². The fraction of sp³-hybridized carbons (Fsp3) is 0.381. The van der Waals surface area contributed by atoms with E-state index in [2.05, 4.69) is 42.3 Å². The van der Waals surface area contributed by atoms with E-state index in [-0.39, 0.29) is 18.4 Å². The van der Waals surface area contributed by atoms with Gasteiger partial charge in [-0.2, -0.15) is 0 Å². The van der Waals surface area contributed by atoms with Crippen molar-refractivity contribution in [2.24, 2.45) is 0 Å². The summed E-state index contributed by atoms with van der Waals surface area (Å²) in [6.45, 7) is 7.30. The Hall–Kier alpha value is -2.60. The molecular formula is C21H28ClN3O3. The number of rotatable bonds is 4. The van der Waals surface area contributed by atoms with Crippen LogP contribution in [0.3, 0.4) is 0 Å². The van der Waals surface area contributed by atoms with E-state index in [0.29, 0.717) is 30.3 Å². The molecule has 1 heterocycles. The zero-order valence-electron chi connectivity index (χ0n) is 16.8. The molecule has 2 amide bonds.